The van der Waals surface area contributed by atoms with Gasteiger partial charge >= 0.3 is 5.97 Å². The molecule has 1 N–H and O–H groups in total. The van der Waals surface area contributed by atoms with Gasteiger partial charge in [-0.05, 0) is 6.07 Å². The van der Waals surface area contributed by atoms with Crippen molar-refractivity contribution in [1.29, 1.82) is 0 Å². The molecule has 2 aromatic heterocycles. The highest BCUT2D eigenvalue weighted by atomic mass is 16.4. The van der Waals surface area contributed by atoms with Crippen LogP contribution in [0, 0.1) is 0 Å². The third kappa shape index (κ3) is 1.48. The van der Waals surface area contributed by atoms with Crippen LogP contribution in [-0.4, -0.2) is 25.8 Å². The third-order valence-corrected chi connectivity index (χ3v) is 1.65. The van der Waals surface area contributed by atoms with E-state index >= 15 is 0 Å². The van der Waals surface area contributed by atoms with Crippen molar-refractivity contribution in [2.24, 2.45) is 0 Å². The zero-order valence-corrected chi connectivity index (χ0v) is 6.71. The number of aromatic nitrogens is 3. The maximum atomic E-state index is 10.4. The van der Waals surface area contributed by atoms with Gasteiger partial charge in [-0.2, -0.15) is 5.10 Å². The van der Waals surface area contributed by atoms with Crippen molar-refractivity contribution in [2.75, 3.05) is 0 Å². The van der Waals surface area contributed by atoms with E-state index in [1.54, 1.807) is 24.7 Å². The second kappa shape index (κ2) is 2.85. The molecule has 2 rings (SSSR count). The molecule has 5 heteroatoms. The van der Waals surface area contributed by atoms with Gasteiger partial charge in [0.25, 0.3) is 0 Å². The van der Waals surface area contributed by atoms with E-state index in [1.165, 1.54) is 4.68 Å². The number of hydrogen-bond donors (Lipinski definition) is 1. The van der Waals surface area contributed by atoms with Gasteiger partial charge in [0, 0.05) is 24.0 Å². The molecule has 0 spiro atoms. The van der Waals surface area contributed by atoms with Crippen LogP contribution in [0.1, 0.15) is 0 Å². The Morgan fingerprint density at radius 3 is 3.15 bits per heavy atom. The standard InChI is InChI=1S/C8H7N3O2/c12-8(13)5-11-4-6-3-9-2-1-7(6)10-11/h1-4H,5H2,(H,12,13). The highest BCUT2D eigenvalue weighted by Gasteiger charge is 2.02. The molecule has 13 heavy (non-hydrogen) atoms. The molecular weight excluding hydrogens is 170 g/mol. The summed E-state index contributed by atoms with van der Waals surface area (Å²) in [4.78, 5) is 14.3. The smallest absolute Gasteiger partial charge is 0.325 e. The first-order valence-corrected chi connectivity index (χ1v) is 3.75. The second-order valence-corrected chi connectivity index (χ2v) is 2.65. The zero-order chi connectivity index (χ0) is 9.26. The monoisotopic (exact) mass is 177 g/mol. The van der Waals surface area contributed by atoms with Crippen LogP contribution in [0.3, 0.4) is 0 Å². The Hall–Kier alpha value is -1.91. The van der Waals surface area contributed by atoms with Crippen molar-refractivity contribution in [2.45, 2.75) is 6.54 Å². The molecular formula is C8H7N3O2. The lowest BCUT2D eigenvalue weighted by atomic mass is 10.3. The van der Waals surface area contributed by atoms with E-state index in [2.05, 4.69) is 10.1 Å². The lowest BCUT2D eigenvalue weighted by molar-refractivity contribution is -0.137. The van der Waals surface area contributed by atoms with Crippen LogP contribution in [0.4, 0.5) is 0 Å². The van der Waals surface area contributed by atoms with Crippen molar-refractivity contribution in [1.82, 2.24) is 14.8 Å². The number of carbonyl (C=O) groups is 1. The molecule has 0 aliphatic carbocycles. The minimum Gasteiger partial charge on any atom is -0.480 e. The first-order valence-electron chi connectivity index (χ1n) is 3.75. The molecule has 0 aliphatic rings. The van der Waals surface area contributed by atoms with Crippen LogP contribution in [0.5, 0.6) is 0 Å². The number of fused-ring (bicyclic) bond motifs is 1. The van der Waals surface area contributed by atoms with Crippen molar-refractivity contribution in [3.05, 3.63) is 24.7 Å². The quantitative estimate of drug-likeness (QED) is 0.725. The van der Waals surface area contributed by atoms with Crippen LogP contribution in [0.25, 0.3) is 10.9 Å². The maximum absolute atomic E-state index is 10.4. The number of pyridine rings is 1. The van der Waals surface area contributed by atoms with Crippen molar-refractivity contribution in [3.63, 3.8) is 0 Å². The van der Waals surface area contributed by atoms with Gasteiger partial charge in [0.05, 0.1) is 5.52 Å². The molecule has 0 bridgehead atoms. The van der Waals surface area contributed by atoms with E-state index in [-0.39, 0.29) is 6.54 Å². The van der Waals surface area contributed by atoms with Gasteiger partial charge in [-0.3, -0.25) is 14.5 Å². The molecule has 0 aliphatic heterocycles. The van der Waals surface area contributed by atoms with E-state index in [0.717, 1.165) is 10.9 Å². The van der Waals surface area contributed by atoms with Gasteiger partial charge in [0.2, 0.25) is 0 Å². The van der Waals surface area contributed by atoms with E-state index in [9.17, 15) is 4.79 Å². The number of nitrogens with zero attached hydrogens (tertiary/aromatic N) is 3. The molecule has 0 aromatic carbocycles. The molecule has 2 heterocycles. The van der Waals surface area contributed by atoms with Gasteiger partial charge in [-0.15, -0.1) is 0 Å². The van der Waals surface area contributed by atoms with Crippen molar-refractivity contribution in [3.8, 4) is 0 Å². The molecule has 0 saturated carbocycles. The van der Waals surface area contributed by atoms with Crippen molar-refractivity contribution >= 4 is 16.9 Å². The molecule has 66 valence electrons. The summed E-state index contributed by atoms with van der Waals surface area (Å²) in [7, 11) is 0. The highest BCUT2D eigenvalue weighted by molar-refractivity contribution is 5.77. The maximum Gasteiger partial charge on any atom is 0.325 e. The molecule has 0 atom stereocenters. The summed E-state index contributed by atoms with van der Waals surface area (Å²) in [5.74, 6) is -0.902. The largest absolute Gasteiger partial charge is 0.480 e. The van der Waals surface area contributed by atoms with E-state index in [4.69, 9.17) is 5.11 Å². The van der Waals surface area contributed by atoms with Crippen LogP contribution >= 0.6 is 0 Å². The first kappa shape index (κ1) is 7.72. The van der Waals surface area contributed by atoms with Gasteiger partial charge in [-0.1, -0.05) is 0 Å². The van der Waals surface area contributed by atoms with E-state index in [1.807, 2.05) is 0 Å². The van der Waals surface area contributed by atoms with Crippen LogP contribution in [0.15, 0.2) is 24.7 Å². The lowest BCUT2D eigenvalue weighted by Crippen LogP contribution is -2.08. The third-order valence-electron chi connectivity index (χ3n) is 1.65. The summed E-state index contributed by atoms with van der Waals surface area (Å²) in [6, 6.07) is 1.74. The Labute approximate surface area is 73.6 Å². The Balaban J connectivity index is 2.44. The van der Waals surface area contributed by atoms with Crippen molar-refractivity contribution < 1.29 is 9.90 Å². The molecule has 2 aromatic rings. The number of hydrogen-bond acceptors (Lipinski definition) is 3. The fourth-order valence-electron chi connectivity index (χ4n) is 1.14. The Morgan fingerprint density at radius 2 is 2.46 bits per heavy atom. The second-order valence-electron chi connectivity index (χ2n) is 2.65. The summed E-state index contributed by atoms with van der Waals surface area (Å²) >= 11 is 0. The summed E-state index contributed by atoms with van der Waals surface area (Å²) in [6.45, 7) is -0.116. The predicted octanol–water partition coefficient (Wildman–Crippen LogP) is 0.516. The van der Waals surface area contributed by atoms with Crippen LogP contribution < -0.4 is 0 Å². The molecule has 0 radical (unpaired) electrons. The van der Waals surface area contributed by atoms with Gasteiger partial charge in [0.1, 0.15) is 6.54 Å². The van der Waals surface area contributed by atoms with Crippen LogP contribution in [-0.2, 0) is 11.3 Å². The topological polar surface area (TPSA) is 68.0 Å². The number of carboxylic acids is 1. The highest BCUT2D eigenvalue weighted by Crippen LogP contribution is 2.08. The van der Waals surface area contributed by atoms with Gasteiger partial charge < -0.3 is 5.11 Å². The lowest BCUT2D eigenvalue weighted by Gasteiger charge is -1.91. The first-order chi connectivity index (χ1) is 6.25. The zero-order valence-electron chi connectivity index (χ0n) is 6.71. The van der Waals surface area contributed by atoms with E-state index < -0.39 is 5.97 Å². The summed E-state index contributed by atoms with van der Waals surface area (Å²) in [5.41, 5.74) is 0.760. The Bertz CT molecular complexity index is 416. The summed E-state index contributed by atoms with van der Waals surface area (Å²) in [5, 5.41) is 13.4. The SMILES string of the molecule is O=C(O)Cn1cc2cnccc2n1. The molecule has 0 amide bonds. The molecule has 0 saturated heterocycles. The predicted molar refractivity (Wildman–Crippen MR) is 45.2 cm³/mol. The number of carboxylic acid groups (broad SMARTS) is 1. The Morgan fingerprint density at radius 1 is 1.62 bits per heavy atom. The number of rotatable bonds is 2. The fourth-order valence-corrected chi connectivity index (χ4v) is 1.14. The molecule has 5 nitrogen and oxygen atoms in total. The van der Waals surface area contributed by atoms with Gasteiger partial charge in [0.15, 0.2) is 0 Å². The number of aliphatic carboxylic acids is 1. The fraction of sp³-hybridized carbons (Fsp3) is 0.125. The van der Waals surface area contributed by atoms with E-state index in [0.29, 0.717) is 0 Å². The minimum atomic E-state index is -0.902. The Kier molecular flexibility index (Phi) is 1.70. The summed E-state index contributed by atoms with van der Waals surface area (Å²) in [6.07, 6.45) is 4.94. The van der Waals surface area contributed by atoms with Crippen LogP contribution in [0.2, 0.25) is 0 Å². The average molecular weight is 177 g/mol. The minimum absolute atomic E-state index is 0.116. The summed E-state index contributed by atoms with van der Waals surface area (Å²) < 4.78 is 1.38. The van der Waals surface area contributed by atoms with Gasteiger partial charge in [-0.25, -0.2) is 0 Å². The normalized spacial score (nSPS) is 10.5. The average Bonchev–Trinajstić information content (AvgIpc) is 2.44. The molecule has 0 unspecified atom stereocenters. The molecule has 0 fully saturated rings.